The number of aromatic nitrogens is 1. The lowest BCUT2D eigenvalue weighted by atomic mass is 10.2. The first kappa shape index (κ1) is 23.4. The van der Waals surface area contributed by atoms with Crippen molar-refractivity contribution in [3.63, 3.8) is 0 Å². The maximum absolute atomic E-state index is 13.2. The van der Waals surface area contributed by atoms with Gasteiger partial charge in [-0.2, -0.15) is 0 Å². The smallest absolute Gasteiger partial charge is 0.239 e. The number of amides is 1. The van der Waals surface area contributed by atoms with Gasteiger partial charge in [0.2, 0.25) is 5.91 Å². The second kappa shape index (κ2) is 10.8. The molecule has 1 amide bonds. The minimum Gasteiger partial charge on any atom is -0.302 e. The van der Waals surface area contributed by atoms with E-state index in [-0.39, 0.29) is 5.91 Å². The summed E-state index contributed by atoms with van der Waals surface area (Å²) >= 11 is 15.3. The van der Waals surface area contributed by atoms with Crippen molar-refractivity contribution in [2.75, 3.05) is 36.8 Å². The summed E-state index contributed by atoms with van der Waals surface area (Å²) in [5.41, 5.74) is 1.93. The van der Waals surface area contributed by atoms with E-state index >= 15 is 0 Å². The van der Waals surface area contributed by atoms with Gasteiger partial charge in [0.25, 0.3) is 0 Å². The number of aryl methyl sites for hydroxylation is 1. The Kier molecular flexibility index (Phi) is 8.43. The molecule has 0 aliphatic carbocycles. The van der Waals surface area contributed by atoms with Crippen LogP contribution >= 0.6 is 46.3 Å². The van der Waals surface area contributed by atoms with Gasteiger partial charge in [-0.3, -0.25) is 9.69 Å². The highest BCUT2D eigenvalue weighted by Gasteiger charge is 2.22. The quantitative estimate of drug-likeness (QED) is 0.332. The highest BCUT2D eigenvalue weighted by atomic mass is 35.5. The number of rotatable bonds is 9. The molecular formula is C22H25Cl2N3OS2. The fraction of sp³-hybridized carbons (Fsp3) is 0.364. The van der Waals surface area contributed by atoms with Gasteiger partial charge in [-0.05, 0) is 55.9 Å². The van der Waals surface area contributed by atoms with Crippen LogP contribution in [0, 0.1) is 6.92 Å². The maximum atomic E-state index is 13.2. The molecule has 160 valence electrons. The SMILES string of the molecule is CCN(CC)CCN(C(=O)CSc1ccc(Cl)cc1)c1nc2c(C)ccc(Cl)c2s1. The fourth-order valence-electron chi connectivity index (χ4n) is 3.07. The van der Waals surface area contributed by atoms with E-state index in [1.54, 1.807) is 0 Å². The molecule has 0 bridgehead atoms. The van der Waals surface area contributed by atoms with Crippen LogP contribution in [0.5, 0.6) is 0 Å². The van der Waals surface area contributed by atoms with Gasteiger partial charge >= 0.3 is 0 Å². The standard InChI is InChI=1S/C22H25Cl2N3OS2/c1-4-26(5-2)12-13-27(19(28)14-29-17-9-7-16(23)8-10-17)22-25-20-15(3)6-11-18(24)21(20)30-22/h6-11H,4-5,12-14H2,1-3H3. The fourth-order valence-corrected chi connectivity index (χ4v) is 5.33. The third-order valence-electron chi connectivity index (χ3n) is 4.93. The summed E-state index contributed by atoms with van der Waals surface area (Å²) < 4.78 is 0.928. The van der Waals surface area contributed by atoms with Crippen LogP contribution in [0.15, 0.2) is 41.3 Å². The van der Waals surface area contributed by atoms with Crippen molar-refractivity contribution in [1.82, 2.24) is 9.88 Å². The molecule has 3 rings (SSSR count). The number of fused-ring (bicyclic) bond motifs is 1. The molecule has 0 saturated heterocycles. The van der Waals surface area contributed by atoms with Gasteiger partial charge < -0.3 is 4.90 Å². The van der Waals surface area contributed by atoms with E-state index in [9.17, 15) is 4.79 Å². The number of benzene rings is 2. The minimum absolute atomic E-state index is 0.0370. The molecule has 0 aliphatic heterocycles. The zero-order valence-corrected chi connectivity index (χ0v) is 20.5. The van der Waals surface area contributed by atoms with E-state index in [2.05, 4.69) is 18.7 Å². The zero-order valence-electron chi connectivity index (χ0n) is 17.3. The monoisotopic (exact) mass is 481 g/mol. The Morgan fingerprint density at radius 2 is 1.77 bits per heavy atom. The first-order valence-electron chi connectivity index (χ1n) is 9.89. The summed E-state index contributed by atoms with van der Waals surface area (Å²) in [7, 11) is 0. The molecule has 3 aromatic rings. The number of thiazole rings is 1. The lowest BCUT2D eigenvalue weighted by Crippen LogP contribution is -2.39. The number of hydrogen-bond acceptors (Lipinski definition) is 5. The molecule has 0 aliphatic rings. The van der Waals surface area contributed by atoms with Gasteiger partial charge in [-0.25, -0.2) is 4.98 Å². The Balaban J connectivity index is 1.84. The van der Waals surface area contributed by atoms with Crippen LogP contribution in [0.4, 0.5) is 5.13 Å². The summed E-state index contributed by atoms with van der Waals surface area (Å²) in [5.74, 6) is 0.373. The van der Waals surface area contributed by atoms with Crippen LogP contribution in [0.25, 0.3) is 10.2 Å². The highest BCUT2D eigenvalue weighted by Crippen LogP contribution is 2.36. The van der Waals surface area contributed by atoms with E-state index in [1.165, 1.54) is 23.1 Å². The largest absolute Gasteiger partial charge is 0.302 e. The van der Waals surface area contributed by atoms with E-state index in [0.717, 1.165) is 40.3 Å². The van der Waals surface area contributed by atoms with Crippen LogP contribution in [0.2, 0.25) is 10.0 Å². The highest BCUT2D eigenvalue weighted by molar-refractivity contribution is 8.00. The molecule has 4 nitrogen and oxygen atoms in total. The molecule has 0 atom stereocenters. The number of nitrogens with zero attached hydrogens (tertiary/aromatic N) is 3. The number of hydrogen-bond donors (Lipinski definition) is 0. The Morgan fingerprint density at radius 3 is 2.40 bits per heavy atom. The Labute approximate surface area is 196 Å². The first-order chi connectivity index (χ1) is 14.4. The average Bonchev–Trinajstić information content (AvgIpc) is 3.20. The molecule has 30 heavy (non-hydrogen) atoms. The second-order valence-electron chi connectivity index (χ2n) is 6.85. The Bertz CT molecular complexity index is 965. The lowest BCUT2D eigenvalue weighted by Gasteiger charge is -2.24. The van der Waals surface area contributed by atoms with Crippen LogP contribution in [0.1, 0.15) is 19.4 Å². The van der Waals surface area contributed by atoms with Gasteiger partial charge in [0.05, 0.1) is 21.0 Å². The number of likely N-dealkylation sites (N-methyl/N-ethyl adjacent to an activating group) is 1. The zero-order chi connectivity index (χ0) is 21.7. The van der Waals surface area contributed by atoms with Gasteiger partial charge in [0.15, 0.2) is 5.13 Å². The lowest BCUT2D eigenvalue weighted by molar-refractivity contribution is -0.116. The third kappa shape index (κ3) is 5.68. The first-order valence-corrected chi connectivity index (χ1v) is 12.5. The molecule has 0 unspecified atom stereocenters. The molecule has 0 N–H and O–H groups in total. The van der Waals surface area contributed by atoms with Gasteiger partial charge in [0.1, 0.15) is 0 Å². The van der Waals surface area contributed by atoms with Crippen molar-refractivity contribution in [1.29, 1.82) is 0 Å². The molecular weight excluding hydrogens is 457 g/mol. The van der Waals surface area contributed by atoms with Gasteiger partial charge in [-0.1, -0.05) is 54.5 Å². The van der Waals surface area contributed by atoms with Crippen molar-refractivity contribution >= 4 is 67.6 Å². The maximum Gasteiger partial charge on any atom is 0.239 e. The van der Waals surface area contributed by atoms with Crippen molar-refractivity contribution in [2.45, 2.75) is 25.7 Å². The van der Waals surface area contributed by atoms with Crippen LogP contribution in [-0.2, 0) is 4.79 Å². The Hall–Kier alpha value is -1.31. The predicted molar refractivity (Wildman–Crippen MR) is 132 cm³/mol. The van der Waals surface area contributed by atoms with Crippen molar-refractivity contribution < 1.29 is 4.79 Å². The molecule has 0 saturated carbocycles. The topological polar surface area (TPSA) is 36.4 Å². The minimum atomic E-state index is 0.0370. The summed E-state index contributed by atoms with van der Waals surface area (Å²) in [5, 5.41) is 2.06. The normalized spacial score (nSPS) is 11.4. The number of halogens is 2. The molecule has 0 spiro atoms. The summed E-state index contributed by atoms with van der Waals surface area (Å²) in [4.78, 5) is 23.1. The van der Waals surface area contributed by atoms with E-state index in [0.29, 0.717) is 27.5 Å². The van der Waals surface area contributed by atoms with Crippen LogP contribution in [0.3, 0.4) is 0 Å². The molecule has 0 radical (unpaired) electrons. The third-order valence-corrected chi connectivity index (χ3v) is 7.72. The molecule has 8 heteroatoms. The van der Waals surface area contributed by atoms with Crippen molar-refractivity contribution in [2.24, 2.45) is 0 Å². The summed E-state index contributed by atoms with van der Waals surface area (Å²) in [6, 6.07) is 11.4. The Morgan fingerprint density at radius 1 is 1.07 bits per heavy atom. The second-order valence-corrected chi connectivity index (χ2v) is 9.72. The summed E-state index contributed by atoms with van der Waals surface area (Å²) in [6.07, 6.45) is 0. The molecule has 2 aromatic carbocycles. The number of anilines is 1. The predicted octanol–water partition coefficient (Wildman–Crippen LogP) is 6.38. The molecule has 1 aromatic heterocycles. The number of carbonyl (C=O) groups is 1. The number of thioether (sulfide) groups is 1. The van der Waals surface area contributed by atoms with Gasteiger partial charge in [0, 0.05) is 23.0 Å². The van der Waals surface area contributed by atoms with E-state index < -0.39 is 0 Å². The van der Waals surface area contributed by atoms with E-state index in [1.807, 2.05) is 48.2 Å². The van der Waals surface area contributed by atoms with Crippen molar-refractivity contribution in [3.05, 3.63) is 52.0 Å². The van der Waals surface area contributed by atoms with Crippen LogP contribution < -0.4 is 4.90 Å². The van der Waals surface area contributed by atoms with Gasteiger partial charge in [-0.15, -0.1) is 11.8 Å². The average molecular weight is 483 g/mol. The molecule has 0 fully saturated rings. The van der Waals surface area contributed by atoms with E-state index in [4.69, 9.17) is 28.2 Å². The molecule has 1 heterocycles. The summed E-state index contributed by atoms with van der Waals surface area (Å²) in [6.45, 7) is 9.57. The van der Waals surface area contributed by atoms with Crippen LogP contribution in [-0.4, -0.2) is 47.7 Å². The van der Waals surface area contributed by atoms with Crippen molar-refractivity contribution in [3.8, 4) is 0 Å². The number of carbonyl (C=O) groups excluding carboxylic acids is 1.